The van der Waals surface area contributed by atoms with E-state index in [1.165, 1.54) is 10.6 Å². The number of piperidine rings is 1. The molecule has 5 heterocycles. The molecule has 0 spiro atoms. The first-order chi connectivity index (χ1) is 14.9. The molecule has 1 unspecified atom stereocenters. The van der Waals surface area contributed by atoms with Gasteiger partial charge in [0.2, 0.25) is 0 Å². The van der Waals surface area contributed by atoms with E-state index in [9.17, 15) is 18.3 Å². The van der Waals surface area contributed by atoms with Crippen LogP contribution in [0.5, 0.6) is 0 Å². The SMILES string of the molecule is OC1CCN(C2CCN(c3ccnc(-c4cnc5cnc(C(F)(F)F)cn45)n3)C2)CC1. The first kappa shape index (κ1) is 20.1. The van der Waals surface area contributed by atoms with Gasteiger partial charge in [-0.1, -0.05) is 0 Å². The fourth-order valence-corrected chi connectivity index (χ4v) is 4.35. The molecule has 8 nitrogen and oxygen atoms in total. The third-order valence-corrected chi connectivity index (χ3v) is 6.06. The molecule has 0 saturated carbocycles. The van der Waals surface area contributed by atoms with Gasteiger partial charge < -0.3 is 10.0 Å². The second-order valence-corrected chi connectivity index (χ2v) is 8.04. The second kappa shape index (κ2) is 7.72. The van der Waals surface area contributed by atoms with Gasteiger partial charge in [0.15, 0.2) is 17.2 Å². The molecule has 0 amide bonds. The summed E-state index contributed by atoms with van der Waals surface area (Å²) in [7, 11) is 0. The summed E-state index contributed by atoms with van der Waals surface area (Å²) >= 11 is 0. The Bertz CT molecular complexity index is 1080. The van der Waals surface area contributed by atoms with Crippen molar-refractivity contribution in [1.29, 1.82) is 0 Å². The summed E-state index contributed by atoms with van der Waals surface area (Å²) in [5.74, 6) is 1.05. The Morgan fingerprint density at radius 3 is 2.58 bits per heavy atom. The number of halogens is 3. The van der Waals surface area contributed by atoms with Crippen molar-refractivity contribution in [2.24, 2.45) is 0 Å². The maximum atomic E-state index is 13.1. The molecule has 0 bridgehead atoms. The van der Waals surface area contributed by atoms with E-state index in [1.54, 1.807) is 6.20 Å². The van der Waals surface area contributed by atoms with Crippen molar-refractivity contribution in [2.75, 3.05) is 31.1 Å². The molecule has 3 aromatic heterocycles. The van der Waals surface area contributed by atoms with Gasteiger partial charge in [0.05, 0.1) is 18.5 Å². The quantitative estimate of drug-likeness (QED) is 0.678. The zero-order valence-electron chi connectivity index (χ0n) is 16.7. The first-order valence-electron chi connectivity index (χ1n) is 10.3. The number of hydrogen-bond acceptors (Lipinski definition) is 7. The van der Waals surface area contributed by atoms with Crippen LogP contribution in [0, 0.1) is 0 Å². The Morgan fingerprint density at radius 2 is 1.81 bits per heavy atom. The summed E-state index contributed by atoms with van der Waals surface area (Å²) in [5, 5.41) is 9.73. The molecule has 2 aliphatic rings. The van der Waals surface area contributed by atoms with Gasteiger partial charge in [0.1, 0.15) is 11.5 Å². The van der Waals surface area contributed by atoms with Crippen molar-refractivity contribution >= 4 is 11.5 Å². The highest BCUT2D eigenvalue weighted by atomic mass is 19.4. The average molecular weight is 433 g/mol. The number of anilines is 1. The zero-order valence-corrected chi connectivity index (χ0v) is 16.7. The van der Waals surface area contributed by atoms with Crippen molar-refractivity contribution < 1.29 is 18.3 Å². The summed E-state index contributed by atoms with van der Waals surface area (Å²) < 4.78 is 40.6. The number of rotatable bonds is 3. The van der Waals surface area contributed by atoms with Gasteiger partial charge in [0.25, 0.3) is 0 Å². The smallest absolute Gasteiger partial charge is 0.393 e. The number of aliphatic hydroxyl groups is 1. The van der Waals surface area contributed by atoms with Crippen LogP contribution in [-0.4, -0.2) is 72.7 Å². The largest absolute Gasteiger partial charge is 0.434 e. The van der Waals surface area contributed by atoms with Crippen molar-refractivity contribution in [2.45, 2.75) is 37.6 Å². The van der Waals surface area contributed by atoms with Gasteiger partial charge >= 0.3 is 6.18 Å². The Hall–Kier alpha value is -2.79. The van der Waals surface area contributed by atoms with Crippen LogP contribution < -0.4 is 4.90 Å². The van der Waals surface area contributed by atoms with Crippen LogP contribution in [0.15, 0.2) is 30.9 Å². The van der Waals surface area contributed by atoms with E-state index < -0.39 is 11.9 Å². The van der Waals surface area contributed by atoms with Crippen LogP contribution in [-0.2, 0) is 6.18 Å². The molecule has 5 rings (SSSR count). The number of alkyl halides is 3. The number of nitrogens with zero attached hydrogens (tertiary/aromatic N) is 7. The van der Waals surface area contributed by atoms with E-state index >= 15 is 0 Å². The highest BCUT2D eigenvalue weighted by molar-refractivity contribution is 5.58. The minimum absolute atomic E-state index is 0.197. The highest BCUT2D eigenvalue weighted by Gasteiger charge is 2.33. The molecule has 2 saturated heterocycles. The average Bonchev–Trinajstić information content (AvgIpc) is 3.41. The predicted octanol–water partition coefficient (Wildman–Crippen LogP) is 2.24. The van der Waals surface area contributed by atoms with Gasteiger partial charge in [-0.3, -0.25) is 9.30 Å². The number of likely N-dealkylation sites (tertiary alicyclic amines) is 1. The Morgan fingerprint density at radius 1 is 1.00 bits per heavy atom. The number of aromatic nitrogens is 5. The summed E-state index contributed by atoms with van der Waals surface area (Å²) in [5.41, 5.74) is -0.319. The van der Waals surface area contributed by atoms with Crippen molar-refractivity contribution in [3.8, 4) is 11.5 Å². The highest BCUT2D eigenvalue weighted by Crippen LogP contribution is 2.29. The van der Waals surface area contributed by atoms with Gasteiger partial charge in [-0.25, -0.2) is 19.9 Å². The van der Waals surface area contributed by atoms with Crippen LogP contribution in [0.2, 0.25) is 0 Å². The molecule has 31 heavy (non-hydrogen) atoms. The molecule has 11 heteroatoms. The summed E-state index contributed by atoms with van der Waals surface area (Å²) in [6, 6.07) is 2.22. The monoisotopic (exact) mass is 433 g/mol. The molecule has 164 valence electrons. The van der Waals surface area contributed by atoms with Crippen molar-refractivity contribution in [1.82, 2.24) is 29.2 Å². The maximum absolute atomic E-state index is 13.1. The molecular weight excluding hydrogens is 411 g/mol. The van der Waals surface area contributed by atoms with E-state index in [2.05, 4.69) is 29.7 Å². The van der Waals surface area contributed by atoms with Gasteiger partial charge in [0, 0.05) is 44.6 Å². The molecule has 2 fully saturated rings. The lowest BCUT2D eigenvalue weighted by Gasteiger charge is -2.34. The molecule has 0 radical (unpaired) electrons. The normalized spacial score (nSPS) is 21.3. The lowest BCUT2D eigenvalue weighted by molar-refractivity contribution is -0.141. The summed E-state index contributed by atoms with van der Waals surface area (Å²) in [6.45, 7) is 3.45. The van der Waals surface area contributed by atoms with Crippen molar-refractivity contribution in [3.63, 3.8) is 0 Å². The molecule has 0 aromatic carbocycles. The molecule has 1 atom stereocenters. The predicted molar refractivity (Wildman–Crippen MR) is 106 cm³/mol. The molecule has 0 aliphatic carbocycles. The van der Waals surface area contributed by atoms with Gasteiger partial charge in [-0.2, -0.15) is 13.2 Å². The van der Waals surface area contributed by atoms with E-state index in [-0.39, 0.29) is 6.10 Å². The van der Waals surface area contributed by atoms with E-state index in [1.807, 2.05) is 6.07 Å². The fraction of sp³-hybridized carbons (Fsp3) is 0.500. The van der Waals surface area contributed by atoms with Gasteiger partial charge in [-0.05, 0) is 25.3 Å². The first-order valence-corrected chi connectivity index (χ1v) is 10.3. The number of imidazole rings is 1. The van der Waals surface area contributed by atoms with E-state index in [0.717, 1.165) is 63.7 Å². The van der Waals surface area contributed by atoms with Crippen LogP contribution in [0.3, 0.4) is 0 Å². The Kier molecular flexibility index (Phi) is 5.01. The Labute approximate surface area is 176 Å². The maximum Gasteiger partial charge on any atom is 0.434 e. The summed E-state index contributed by atoms with van der Waals surface area (Å²) in [6.07, 6.45) is 2.96. The lowest BCUT2D eigenvalue weighted by atomic mass is 10.1. The standard InChI is InChI=1S/C20H22F3N7O/c21-20(22,23)16-12-30-15(9-26-18(30)10-25-16)19-24-5-1-17(27-19)29-6-2-13(11-29)28-7-3-14(31)4-8-28/h1,5,9-10,12-14,31H,2-4,6-8,11H2. The Balaban J connectivity index is 1.39. The lowest BCUT2D eigenvalue weighted by Crippen LogP contribution is -2.44. The molecule has 2 aliphatic heterocycles. The molecular formula is C20H22F3N7O. The second-order valence-electron chi connectivity index (χ2n) is 8.04. The number of hydrogen-bond donors (Lipinski definition) is 1. The molecule has 3 aromatic rings. The van der Waals surface area contributed by atoms with E-state index in [0.29, 0.717) is 23.2 Å². The van der Waals surface area contributed by atoms with E-state index in [4.69, 9.17) is 0 Å². The van der Waals surface area contributed by atoms with Crippen LogP contribution in [0.1, 0.15) is 25.0 Å². The topological polar surface area (TPSA) is 82.7 Å². The number of aliphatic hydroxyl groups excluding tert-OH is 1. The molecule has 1 N–H and O–H groups in total. The third kappa shape index (κ3) is 3.94. The minimum Gasteiger partial charge on any atom is -0.393 e. The van der Waals surface area contributed by atoms with Gasteiger partial charge in [-0.15, -0.1) is 0 Å². The summed E-state index contributed by atoms with van der Waals surface area (Å²) in [4.78, 5) is 21.1. The minimum atomic E-state index is -4.55. The third-order valence-electron chi connectivity index (χ3n) is 6.06. The van der Waals surface area contributed by atoms with Crippen molar-refractivity contribution in [3.05, 3.63) is 36.5 Å². The fourth-order valence-electron chi connectivity index (χ4n) is 4.35. The number of fused-ring (bicyclic) bond motifs is 1. The van der Waals surface area contributed by atoms with Crippen LogP contribution in [0.25, 0.3) is 17.2 Å². The van der Waals surface area contributed by atoms with Crippen LogP contribution >= 0.6 is 0 Å². The van der Waals surface area contributed by atoms with Crippen LogP contribution in [0.4, 0.5) is 19.0 Å². The zero-order chi connectivity index (χ0) is 21.6.